The molecule has 2 rings (SSSR count). The van der Waals surface area contributed by atoms with E-state index in [-0.39, 0.29) is 25.0 Å². The molecule has 2 N–H and O–H groups in total. The van der Waals surface area contributed by atoms with Crippen LogP contribution >= 0.6 is 0 Å². The molecule has 3 amide bonds. The van der Waals surface area contributed by atoms with Gasteiger partial charge in [0.25, 0.3) is 5.91 Å². The first kappa shape index (κ1) is 20.3. The number of nitrogens with zero attached hydrogens (tertiary/aromatic N) is 1. The maximum atomic E-state index is 12.6. The van der Waals surface area contributed by atoms with Gasteiger partial charge < -0.3 is 15.5 Å². The maximum Gasteiger partial charge on any atom is 0.416 e. The Bertz CT molecular complexity index is 787. The average molecular weight is 379 g/mol. The number of halogens is 3. The Morgan fingerprint density at radius 2 is 1.52 bits per heavy atom. The Morgan fingerprint density at radius 1 is 0.963 bits per heavy atom. The molecule has 0 saturated carbocycles. The second kappa shape index (κ2) is 8.57. The van der Waals surface area contributed by atoms with Crippen molar-refractivity contribution < 1.29 is 22.8 Å². The van der Waals surface area contributed by atoms with Crippen LogP contribution in [0.15, 0.2) is 48.5 Å². The van der Waals surface area contributed by atoms with E-state index < -0.39 is 11.7 Å². The molecule has 0 unspecified atom stereocenters. The van der Waals surface area contributed by atoms with E-state index >= 15 is 0 Å². The maximum absolute atomic E-state index is 12.6. The van der Waals surface area contributed by atoms with E-state index in [0.29, 0.717) is 11.1 Å². The van der Waals surface area contributed by atoms with Crippen LogP contribution < -0.4 is 10.6 Å². The molecule has 2 aromatic carbocycles. The van der Waals surface area contributed by atoms with Crippen LogP contribution in [0.5, 0.6) is 0 Å². The van der Waals surface area contributed by atoms with E-state index in [1.54, 1.807) is 38.4 Å². The van der Waals surface area contributed by atoms with E-state index in [2.05, 4.69) is 10.6 Å². The Kier molecular flexibility index (Phi) is 6.44. The number of nitrogens with one attached hydrogen (secondary N) is 2. The molecule has 0 radical (unpaired) electrons. The van der Waals surface area contributed by atoms with Gasteiger partial charge in [-0.1, -0.05) is 24.3 Å². The third-order valence-corrected chi connectivity index (χ3v) is 3.93. The molecule has 0 spiro atoms. The molecule has 0 aromatic heterocycles. The Morgan fingerprint density at radius 3 is 2.04 bits per heavy atom. The van der Waals surface area contributed by atoms with Crippen molar-refractivity contribution in [3.63, 3.8) is 0 Å². The average Bonchev–Trinajstić information content (AvgIpc) is 2.65. The van der Waals surface area contributed by atoms with Crippen molar-refractivity contribution >= 4 is 11.9 Å². The van der Waals surface area contributed by atoms with Crippen LogP contribution in [0.4, 0.5) is 18.0 Å². The highest BCUT2D eigenvalue weighted by Gasteiger charge is 2.29. The first-order valence-electron chi connectivity index (χ1n) is 8.17. The molecule has 0 saturated heterocycles. The van der Waals surface area contributed by atoms with Gasteiger partial charge in [-0.2, -0.15) is 13.2 Å². The van der Waals surface area contributed by atoms with Crippen molar-refractivity contribution in [3.05, 3.63) is 70.8 Å². The number of carbonyl (C=O) groups is 2. The summed E-state index contributed by atoms with van der Waals surface area (Å²) in [4.78, 5) is 25.0. The predicted molar refractivity (Wildman–Crippen MR) is 95.0 cm³/mol. The Hall–Kier alpha value is -3.03. The lowest BCUT2D eigenvalue weighted by atomic mass is 10.1. The third kappa shape index (κ3) is 5.73. The lowest BCUT2D eigenvalue weighted by molar-refractivity contribution is -0.137. The molecule has 0 atom stereocenters. The number of hydrogen-bond acceptors (Lipinski definition) is 2. The van der Waals surface area contributed by atoms with Crippen molar-refractivity contribution in [3.8, 4) is 0 Å². The van der Waals surface area contributed by atoms with Crippen LogP contribution in [-0.2, 0) is 19.3 Å². The molecule has 2 aromatic rings. The normalized spacial score (nSPS) is 11.0. The van der Waals surface area contributed by atoms with Crippen LogP contribution in [0.3, 0.4) is 0 Å². The fourth-order valence-corrected chi connectivity index (χ4v) is 2.38. The molecule has 8 heteroatoms. The molecule has 5 nitrogen and oxygen atoms in total. The Labute approximate surface area is 155 Å². The highest BCUT2D eigenvalue weighted by Crippen LogP contribution is 2.29. The zero-order valence-corrected chi connectivity index (χ0v) is 14.9. The highest BCUT2D eigenvalue weighted by molar-refractivity contribution is 5.93. The molecule has 0 aliphatic heterocycles. The van der Waals surface area contributed by atoms with Gasteiger partial charge in [-0.05, 0) is 35.4 Å². The number of amides is 3. The van der Waals surface area contributed by atoms with Crippen LogP contribution in [0, 0.1) is 0 Å². The lowest BCUT2D eigenvalue weighted by Gasteiger charge is -2.18. The second-order valence-electron chi connectivity index (χ2n) is 5.99. The SMILES string of the molecule is CNC(=O)c1ccc(CNC(=O)N(C)Cc2ccc(C(F)(F)F)cc2)cc1. The summed E-state index contributed by atoms with van der Waals surface area (Å²) in [5.41, 5.74) is 1.21. The van der Waals surface area contributed by atoms with Crippen LogP contribution in [0.2, 0.25) is 0 Å². The number of carbonyl (C=O) groups excluding carboxylic acids is 2. The molecule has 144 valence electrons. The number of hydrogen-bond donors (Lipinski definition) is 2. The van der Waals surface area contributed by atoms with E-state index in [4.69, 9.17) is 0 Å². The van der Waals surface area contributed by atoms with E-state index in [9.17, 15) is 22.8 Å². The van der Waals surface area contributed by atoms with Crippen LogP contribution in [-0.4, -0.2) is 30.9 Å². The number of benzene rings is 2. The monoisotopic (exact) mass is 379 g/mol. The quantitative estimate of drug-likeness (QED) is 0.836. The van der Waals surface area contributed by atoms with Gasteiger partial charge in [0.1, 0.15) is 0 Å². The largest absolute Gasteiger partial charge is 0.416 e. The van der Waals surface area contributed by atoms with Gasteiger partial charge in [-0.25, -0.2) is 4.79 Å². The highest BCUT2D eigenvalue weighted by atomic mass is 19.4. The zero-order valence-electron chi connectivity index (χ0n) is 14.9. The summed E-state index contributed by atoms with van der Waals surface area (Å²) in [5, 5.41) is 5.25. The fraction of sp³-hybridized carbons (Fsp3) is 0.263. The summed E-state index contributed by atoms with van der Waals surface area (Å²) in [6.07, 6.45) is -4.38. The van der Waals surface area contributed by atoms with Crippen molar-refractivity contribution in [2.75, 3.05) is 14.1 Å². The van der Waals surface area contributed by atoms with Gasteiger partial charge in [-0.15, -0.1) is 0 Å². The summed E-state index contributed by atoms with van der Waals surface area (Å²) in [6.45, 7) is 0.448. The summed E-state index contributed by atoms with van der Waals surface area (Å²) in [5.74, 6) is -0.193. The summed E-state index contributed by atoms with van der Waals surface area (Å²) >= 11 is 0. The van der Waals surface area contributed by atoms with E-state index in [1.165, 1.54) is 17.0 Å². The number of rotatable bonds is 5. The predicted octanol–water partition coefficient (Wildman–Crippen LogP) is 3.41. The smallest absolute Gasteiger partial charge is 0.355 e. The third-order valence-electron chi connectivity index (χ3n) is 3.93. The van der Waals surface area contributed by atoms with E-state index in [1.807, 2.05) is 0 Å². The van der Waals surface area contributed by atoms with Crippen LogP contribution in [0.1, 0.15) is 27.0 Å². The second-order valence-corrected chi connectivity index (χ2v) is 5.99. The molecule has 0 heterocycles. The number of urea groups is 1. The van der Waals surface area contributed by atoms with Gasteiger partial charge in [0.05, 0.1) is 5.56 Å². The van der Waals surface area contributed by atoms with Gasteiger partial charge in [-0.3, -0.25) is 4.79 Å². The minimum atomic E-state index is -4.38. The molecular formula is C19H20F3N3O2. The minimum absolute atomic E-state index is 0.180. The summed E-state index contributed by atoms with van der Waals surface area (Å²) in [6, 6.07) is 11.1. The van der Waals surface area contributed by atoms with Gasteiger partial charge >= 0.3 is 12.2 Å². The number of alkyl halides is 3. The lowest BCUT2D eigenvalue weighted by Crippen LogP contribution is -2.36. The Balaban J connectivity index is 1.87. The molecular weight excluding hydrogens is 359 g/mol. The van der Waals surface area contributed by atoms with Crippen molar-refractivity contribution in [1.82, 2.24) is 15.5 Å². The van der Waals surface area contributed by atoms with Crippen molar-refractivity contribution in [1.29, 1.82) is 0 Å². The zero-order chi connectivity index (χ0) is 20.0. The van der Waals surface area contributed by atoms with Gasteiger partial charge in [0.2, 0.25) is 0 Å². The first-order chi connectivity index (χ1) is 12.7. The van der Waals surface area contributed by atoms with Crippen molar-refractivity contribution in [2.24, 2.45) is 0 Å². The van der Waals surface area contributed by atoms with E-state index in [0.717, 1.165) is 17.7 Å². The van der Waals surface area contributed by atoms with Crippen LogP contribution in [0.25, 0.3) is 0 Å². The van der Waals surface area contributed by atoms with Gasteiger partial charge in [0, 0.05) is 32.7 Å². The summed E-state index contributed by atoms with van der Waals surface area (Å²) < 4.78 is 37.7. The molecule has 0 bridgehead atoms. The van der Waals surface area contributed by atoms with Crippen molar-refractivity contribution in [2.45, 2.75) is 19.3 Å². The molecule has 0 aliphatic carbocycles. The minimum Gasteiger partial charge on any atom is -0.355 e. The topological polar surface area (TPSA) is 61.4 Å². The molecule has 0 aliphatic rings. The first-order valence-corrected chi connectivity index (χ1v) is 8.17. The fourth-order valence-electron chi connectivity index (χ4n) is 2.38. The van der Waals surface area contributed by atoms with Gasteiger partial charge in [0.15, 0.2) is 0 Å². The molecule has 27 heavy (non-hydrogen) atoms. The standard InChI is InChI=1S/C19H20F3N3O2/c1-23-17(26)15-7-3-13(4-8-15)11-24-18(27)25(2)12-14-5-9-16(10-6-14)19(20,21)22/h3-10H,11-12H2,1-2H3,(H,23,26)(H,24,27). The molecule has 0 fully saturated rings. The summed E-state index contributed by atoms with van der Waals surface area (Å²) in [7, 11) is 3.10.